The Morgan fingerprint density at radius 2 is 2.05 bits per heavy atom. The van der Waals surface area contributed by atoms with Gasteiger partial charge in [0, 0.05) is 16.3 Å². The van der Waals surface area contributed by atoms with Crippen molar-refractivity contribution >= 4 is 17.4 Å². The lowest BCUT2D eigenvalue weighted by Gasteiger charge is -2.07. The van der Waals surface area contributed by atoms with Crippen molar-refractivity contribution in [2.24, 2.45) is 0 Å². The lowest BCUT2D eigenvalue weighted by molar-refractivity contribution is 0.413. The summed E-state index contributed by atoms with van der Waals surface area (Å²) in [6.07, 6.45) is 0. The Bertz CT molecular complexity index is 662. The van der Waals surface area contributed by atoms with Gasteiger partial charge in [0.1, 0.15) is 11.8 Å². The van der Waals surface area contributed by atoms with Crippen LogP contribution in [0.1, 0.15) is 16.7 Å². The van der Waals surface area contributed by atoms with Crippen LogP contribution in [0.2, 0.25) is 0 Å². The minimum Gasteiger partial charge on any atom is -0.495 e. The molecule has 2 rings (SSSR count). The molecule has 4 heteroatoms. The lowest BCUT2D eigenvalue weighted by atomic mass is 10.1. The Morgan fingerprint density at radius 3 is 2.70 bits per heavy atom. The topological polar surface area (TPSA) is 59.0 Å². The fraction of sp³-hybridized carbons (Fsp3) is 0.188. The molecule has 2 aromatic carbocycles. The first-order chi connectivity index (χ1) is 9.63. The van der Waals surface area contributed by atoms with Gasteiger partial charge in [0.15, 0.2) is 0 Å². The summed E-state index contributed by atoms with van der Waals surface area (Å²) in [6.45, 7) is 2.00. The number of nitrogen functional groups attached to an aromatic ring is 1. The number of nitriles is 1. The Hall–Kier alpha value is -2.12. The van der Waals surface area contributed by atoms with Gasteiger partial charge in [-0.2, -0.15) is 5.26 Å². The second-order valence-corrected chi connectivity index (χ2v) is 5.50. The van der Waals surface area contributed by atoms with Gasteiger partial charge in [0.2, 0.25) is 0 Å². The van der Waals surface area contributed by atoms with E-state index in [-0.39, 0.29) is 0 Å². The largest absolute Gasteiger partial charge is 0.495 e. The van der Waals surface area contributed by atoms with Gasteiger partial charge in [-0.1, -0.05) is 6.07 Å². The highest BCUT2D eigenvalue weighted by atomic mass is 32.2. The summed E-state index contributed by atoms with van der Waals surface area (Å²) in [4.78, 5) is 1.18. The molecule has 0 unspecified atom stereocenters. The number of rotatable bonds is 4. The first kappa shape index (κ1) is 14.3. The van der Waals surface area contributed by atoms with Crippen molar-refractivity contribution in [1.82, 2.24) is 0 Å². The van der Waals surface area contributed by atoms with E-state index in [4.69, 9.17) is 15.7 Å². The third-order valence-corrected chi connectivity index (χ3v) is 4.10. The zero-order valence-electron chi connectivity index (χ0n) is 11.5. The predicted octanol–water partition coefficient (Wildman–Crippen LogP) is 3.75. The van der Waals surface area contributed by atoms with Crippen LogP contribution < -0.4 is 10.5 Å². The highest BCUT2D eigenvalue weighted by Gasteiger charge is 2.05. The van der Waals surface area contributed by atoms with Gasteiger partial charge in [-0.25, -0.2) is 0 Å². The molecular weight excluding hydrogens is 268 g/mol. The summed E-state index contributed by atoms with van der Waals surface area (Å²) < 4.78 is 5.22. The van der Waals surface area contributed by atoms with Gasteiger partial charge in [0.05, 0.1) is 12.7 Å². The molecular formula is C16H16N2OS. The van der Waals surface area contributed by atoms with Crippen LogP contribution in [0.25, 0.3) is 0 Å². The number of methoxy groups -OCH3 is 1. The van der Waals surface area contributed by atoms with Crippen molar-refractivity contribution in [1.29, 1.82) is 5.26 Å². The van der Waals surface area contributed by atoms with Crippen LogP contribution in [-0.2, 0) is 5.75 Å². The molecule has 0 aromatic heterocycles. The molecule has 0 radical (unpaired) electrons. The number of benzene rings is 2. The Balaban J connectivity index is 2.11. The molecule has 2 N–H and O–H groups in total. The minimum atomic E-state index is 0.560. The van der Waals surface area contributed by atoms with Gasteiger partial charge in [-0.05, 0) is 48.4 Å². The highest BCUT2D eigenvalue weighted by molar-refractivity contribution is 7.98. The van der Waals surface area contributed by atoms with E-state index >= 15 is 0 Å². The third kappa shape index (κ3) is 3.25. The number of hydrogen-bond acceptors (Lipinski definition) is 4. The fourth-order valence-corrected chi connectivity index (χ4v) is 2.76. The van der Waals surface area contributed by atoms with E-state index in [1.807, 2.05) is 31.2 Å². The number of hydrogen-bond donors (Lipinski definition) is 1. The normalized spacial score (nSPS) is 10.1. The van der Waals surface area contributed by atoms with E-state index in [1.165, 1.54) is 4.90 Å². The first-order valence-corrected chi connectivity index (χ1v) is 7.18. The number of nitrogens with zero attached hydrogens (tertiary/aromatic N) is 1. The van der Waals surface area contributed by atoms with E-state index in [9.17, 15) is 0 Å². The molecule has 3 nitrogen and oxygen atoms in total. The maximum atomic E-state index is 8.96. The predicted molar refractivity (Wildman–Crippen MR) is 82.9 cm³/mol. The molecule has 2 aromatic rings. The van der Waals surface area contributed by atoms with Gasteiger partial charge in [-0.15, -0.1) is 11.8 Å². The molecule has 0 fully saturated rings. The van der Waals surface area contributed by atoms with Crippen LogP contribution in [0, 0.1) is 18.3 Å². The van der Waals surface area contributed by atoms with E-state index in [1.54, 1.807) is 24.9 Å². The lowest BCUT2D eigenvalue weighted by Crippen LogP contribution is -1.91. The second kappa shape index (κ2) is 6.36. The summed E-state index contributed by atoms with van der Waals surface area (Å²) in [5, 5.41) is 8.96. The number of aryl methyl sites for hydroxylation is 1. The molecule has 102 valence electrons. The van der Waals surface area contributed by atoms with Crippen LogP contribution in [0.3, 0.4) is 0 Å². The summed E-state index contributed by atoms with van der Waals surface area (Å²) in [5.74, 6) is 1.45. The van der Waals surface area contributed by atoms with Crippen LogP contribution >= 0.6 is 11.8 Å². The summed E-state index contributed by atoms with van der Waals surface area (Å²) in [7, 11) is 1.58. The Labute approximate surface area is 123 Å². The van der Waals surface area contributed by atoms with Gasteiger partial charge < -0.3 is 10.5 Å². The molecule has 0 aliphatic carbocycles. The van der Waals surface area contributed by atoms with Crippen LogP contribution in [0.5, 0.6) is 5.75 Å². The van der Waals surface area contributed by atoms with E-state index in [0.717, 1.165) is 22.6 Å². The first-order valence-electron chi connectivity index (χ1n) is 6.20. The molecule has 0 heterocycles. The van der Waals surface area contributed by atoms with Crippen molar-refractivity contribution in [2.75, 3.05) is 12.8 Å². The quantitative estimate of drug-likeness (QED) is 0.686. The average Bonchev–Trinajstić information content (AvgIpc) is 2.48. The molecule has 0 saturated carbocycles. The van der Waals surface area contributed by atoms with E-state index in [2.05, 4.69) is 12.1 Å². The van der Waals surface area contributed by atoms with Crippen LogP contribution in [0.4, 0.5) is 5.69 Å². The number of ether oxygens (including phenoxy) is 1. The molecule has 0 spiro atoms. The Morgan fingerprint density at radius 1 is 1.25 bits per heavy atom. The van der Waals surface area contributed by atoms with Gasteiger partial charge in [0.25, 0.3) is 0 Å². The molecule has 0 saturated heterocycles. The molecule has 0 amide bonds. The van der Waals surface area contributed by atoms with Crippen LogP contribution in [-0.4, -0.2) is 7.11 Å². The van der Waals surface area contributed by atoms with Crippen molar-refractivity contribution in [3.63, 3.8) is 0 Å². The molecule has 0 aliphatic heterocycles. The summed E-state index contributed by atoms with van der Waals surface area (Å²) in [6, 6.07) is 13.8. The van der Waals surface area contributed by atoms with Crippen LogP contribution in [0.15, 0.2) is 41.3 Å². The smallest absolute Gasteiger partial charge is 0.136 e. The molecule has 0 bridgehead atoms. The van der Waals surface area contributed by atoms with Gasteiger partial charge in [-0.3, -0.25) is 0 Å². The maximum absolute atomic E-state index is 8.96. The zero-order valence-corrected chi connectivity index (χ0v) is 12.3. The monoisotopic (exact) mass is 284 g/mol. The SMILES string of the molecule is COc1cc(CSc2ccc(N)c(C)c2)ccc1C#N. The van der Waals surface area contributed by atoms with Crippen molar-refractivity contribution < 1.29 is 4.74 Å². The standard InChI is InChI=1S/C16H16N2OS/c1-11-7-14(5-6-15(11)18)20-10-12-3-4-13(9-17)16(8-12)19-2/h3-8H,10,18H2,1-2H3. The van der Waals surface area contributed by atoms with Gasteiger partial charge >= 0.3 is 0 Å². The van der Waals surface area contributed by atoms with Crippen molar-refractivity contribution in [3.8, 4) is 11.8 Å². The number of anilines is 1. The van der Waals surface area contributed by atoms with Crippen molar-refractivity contribution in [3.05, 3.63) is 53.1 Å². The molecule has 0 atom stereocenters. The minimum absolute atomic E-state index is 0.560. The Kier molecular flexibility index (Phi) is 4.54. The zero-order chi connectivity index (χ0) is 14.5. The number of nitrogens with two attached hydrogens (primary N) is 1. The third-order valence-electron chi connectivity index (χ3n) is 3.03. The number of thioether (sulfide) groups is 1. The van der Waals surface area contributed by atoms with Crippen molar-refractivity contribution in [2.45, 2.75) is 17.6 Å². The summed E-state index contributed by atoms with van der Waals surface area (Å²) in [5.41, 5.74) is 9.40. The molecule has 20 heavy (non-hydrogen) atoms. The highest BCUT2D eigenvalue weighted by Crippen LogP contribution is 2.28. The average molecular weight is 284 g/mol. The van der Waals surface area contributed by atoms with E-state index in [0.29, 0.717) is 11.3 Å². The summed E-state index contributed by atoms with van der Waals surface area (Å²) >= 11 is 1.74. The maximum Gasteiger partial charge on any atom is 0.136 e. The second-order valence-electron chi connectivity index (χ2n) is 4.45. The molecule has 0 aliphatic rings. The van der Waals surface area contributed by atoms with E-state index < -0.39 is 0 Å². The fourth-order valence-electron chi connectivity index (χ4n) is 1.82.